The molecule has 3 heterocycles. The van der Waals surface area contributed by atoms with Crippen LogP contribution in [0, 0.1) is 20.8 Å². The van der Waals surface area contributed by atoms with E-state index < -0.39 is 0 Å². The van der Waals surface area contributed by atoms with Crippen LogP contribution in [0.2, 0.25) is 0 Å². The third kappa shape index (κ3) is 4.19. The number of aromatic nitrogens is 5. The lowest BCUT2D eigenvalue weighted by Gasteiger charge is -2.12. The fraction of sp³-hybridized carbons (Fsp3) is 0.154. The van der Waals surface area contributed by atoms with Crippen LogP contribution in [0.15, 0.2) is 82.9 Å². The highest BCUT2D eigenvalue weighted by Gasteiger charge is 2.17. The van der Waals surface area contributed by atoms with E-state index in [2.05, 4.69) is 51.8 Å². The van der Waals surface area contributed by atoms with E-state index in [-0.39, 0.29) is 5.56 Å². The summed E-state index contributed by atoms with van der Waals surface area (Å²) in [6.45, 7) is 6.20. The van der Waals surface area contributed by atoms with Crippen molar-refractivity contribution in [3.05, 3.63) is 106 Å². The third-order valence-corrected chi connectivity index (χ3v) is 6.60. The molecule has 7 heteroatoms. The standard InChI is InChI=1S/C26H23N5OS/c1-17-11-12-30-23(13-17)27-21(15-24(30)32)16-33-26-29-28-25(20-7-5-4-6-8-20)31(26)22-10-9-18(2)19(3)14-22/h4-15H,16H2,1-3H3. The monoisotopic (exact) mass is 453 g/mol. The Labute approximate surface area is 196 Å². The zero-order valence-electron chi connectivity index (χ0n) is 18.7. The third-order valence-electron chi connectivity index (χ3n) is 5.64. The number of rotatable bonds is 5. The molecule has 2 aromatic carbocycles. The van der Waals surface area contributed by atoms with Gasteiger partial charge in [-0.05, 0) is 61.7 Å². The van der Waals surface area contributed by atoms with Crippen LogP contribution in [0.25, 0.3) is 22.7 Å². The Morgan fingerprint density at radius 1 is 0.879 bits per heavy atom. The second-order valence-corrected chi connectivity index (χ2v) is 9.03. The molecule has 5 aromatic rings. The van der Waals surface area contributed by atoms with Crippen LogP contribution >= 0.6 is 11.8 Å². The molecule has 0 fully saturated rings. The molecule has 0 N–H and O–H groups in total. The lowest BCUT2D eigenvalue weighted by Crippen LogP contribution is -2.15. The van der Waals surface area contributed by atoms with Crippen LogP contribution in [0.5, 0.6) is 0 Å². The molecular weight excluding hydrogens is 430 g/mol. The second kappa shape index (κ2) is 8.67. The lowest BCUT2D eigenvalue weighted by molar-refractivity contribution is 0.883. The minimum Gasteiger partial charge on any atom is -0.270 e. The molecular formula is C26H23N5OS. The van der Waals surface area contributed by atoms with Crippen LogP contribution in [0.3, 0.4) is 0 Å². The van der Waals surface area contributed by atoms with Gasteiger partial charge >= 0.3 is 0 Å². The van der Waals surface area contributed by atoms with Gasteiger partial charge in [0.25, 0.3) is 5.56 Å². The molecule has 6 nitrogen and oxygen atoms in total. The zero-order chi connectivity index (χ0) is 22.9. The number of fused-ring (bicyclic) bond motifs is 1. The molecule has 0 aliphatic rings. The summed E-state index contributed by atoms with van der Waals surface area (Å²) >= 11 is 1.52. The van der Waals surface area contributed by atoms with E-state index in [9.17, 15) is 4.79 Å². The first-order valence-electron chi connectivity index (χ1n) is 10.7. The Balaban J connectivity index is 1.55. The van der Waals surface area contributed by atoms with Crippen molar-refractivity contribution < 1.29 is 0 Å². The predicted octanol–water partition coefficient (Wildman–Crippen LogP) is 5.16. The zero-order valence-corrected chi connectivity index (χ0v) is 19.5. The molecule has 33 heavy (non-hydrogen) atoms. The van der Waals surface area contributed by atoms with E-state index in [1.807, 2.05) is 49.4 Å². The topological polar surface area (TPSA) is 65.1 Å². The Kier molecular flexibility index (Phi) is 5.56. The first kappa shape index (κ1) is 21.2. The molecule has 0 unspecified atom stereocenters. The average Bonchev–Trinajstić information content (AvgIpc) is 3.24. The van der Waals surface area contributed by atoms with Crippen molar-refractivity contribution in [3.63, 3.8) is 0 Å². The molecule has 5 rings (SSSR count). The fourth-order valence-corrected chi connectivity index (χ4v) is 4.55. The van der Waals surface area contributed by atoms with Crippen LogP contribution in [-0.2, 0) is 5.75 Å². The Morgan fingerprint density at radius 3 is 2.48 bits per heavy atom. The smallest absolute Gasteiger partial charge is 0.258 e. The van der Waals surface area contributed by atoms with Gasteiger partial charge in [0.15, 0.2) is 11.0 Å². The molecule has 164 valence electrons. The highest BCUT2D eigenvalue weighted by molar-refractivity contribution is 7.98. The number of aryl methyl sites for hydroxylation is 3. The van der Waals surface area contributed by atoms with Crippen molar-refractivity contribution in [2.24, 2.45) is 0 Å². The number of benzene rings is 2. The minimum atomic E-state index is -0.0869. The summed E-state index contributed by atoms with van der Waals surface area (Å²) in [6, 6.07) is 21.8. The molecule has 0 spiro atoms. The van der Waals surface area contributed by atoms with Gasteiger partial charge in [0.2, 0.25) is 0 Å². The highest BCUT2D eigenvalue weighted by Crippen LogP contribution is 2.30. The van der Waals surface area contributed by atoms with Crippen molar-refractivity contribution in [1.82, 2.24) is 24.1 Å². The van der Waals surface area contributed by atoms with Gasteiger partial charge in [-0.2, -0.15) is 0 Å². The van der Waals surface area contributed by atoms with Crippen LogP contribution in [0.1, 0.15) is 22.4 Å². The SMILES string of the molecule is Cc1ccn2c(=O)cc(CSc3nnc(-c4ccccc4)n3-c3ccc(C)c(C)c3)nc2c1. The lowest BCUT2D eigenvalue weighted by atomic mass is 10.1. The predicted molar refractivity (Wildman–Crippen MR) is 132 cm³/mol. The van der Waals surface area contributed by atoms with Crippen LogP contribution < -0.4 is 5.56 Å². The first-order chi connectivity index (χ1) is 16.0. The quantitative estimate of drug-likeness (QED) is 0.344. The Hall–Kier alpha value is -3.71. The van der Waals surface area contributed by atoms with Crippen molar-refractivity contribution in [3.8, 4) is 17.1 Å². The summed E-state index contributed by atoms with van der Waals surface area (Å²) in [5.41, 5.74) is 6.78. The minimum absolute atomic E-state index is 0.0869. The second-order valence-electron chi connectivity index (χ2n) is 8.08. The normalized spacial score (nSPS) is 11.2. The summed E-state index contributed by atoms with van der Waals surface area (Å²) in [7, 11) is 0. The van der Waals surface area contributed by atoms with Gasteiger partial charge in [-0.3, -0.25) is 13.8 Å². The van der Waals surface area contributed by atoms with Gasteiger partial charge in [0, 0.05) is 23.6 Å². The Bertz CT molecular complexity index is 1520. The van der Waals surface area contributed by atoms with Gasteiger partial charge in [-0.15, -0.1) is 10.2 Å². The van der Waals surface area contributed by atoms with E-state index >= 15 is 0 Å². The molecule has 0 aliphatic heterocycles. The van der Waals surface area contributed by atoms with Gasteiger partial charge in [0.05, 0.1) is 11.4 Å². The number of nitrogens with zero attached hydrogens (tertiary/aromatic N) is 5. The average molecular weight is 454 g/mol. The largest absolute Gasteiger partial charge is 0.270 e. The summed E-state index contributed by atoms with van der Waals surface area (Å²) in [5, 5.41) is 9.76. The van der Waals surface area contributed by atoms with E-state index in [1.165, 1.54) is 22.9 Å². The Morgan fingerprint density at radius 2 is 1.70 bits per heavy atom. The van der Waals surface area contributed by atoms with Gasteiger partial charge in [-0.1, -0.05) is 48.2 Å². The molecule has 3 aromatic heterocycles. The molecule has 0 aliphatic carbocycles. The number of hydrogen-bond acceptors (Lipinski definition) is 5. The van der Waals surface area contributed by atoms with Crippen molar-refractivity contribution >= 4 is 17.4 Å². The molecule has 0 amide bonds. The maximum atomic E-state index is 12.5. The molecule has 0 saturated heterocycles. The summed E-state index contributed by atoms with van der Waals surface area (Å²) in [6.07, 6.45) is 1.76. The van der Waals surface area contributed by atoms with Crippen molar-refractivity contribution in [1.29, 1.82) is 0 Å². The maximum absolute atomic E-state index is 12.5. The summed E-state index contributed by atoms with van der Waals surface area (Å²) < 4.78 is 3.64. The van der Waals surface area contributed by atoms with E-state index in [1.54, 1.807) is 16.7 Å². The van der Waals surface area contributed by atoms with Gasteiger partial charge < -0.3 is 0 Å². The van der Waals surface area contributed by atoms with Crippen molar-refractivity contribution in [2.75, 3.05) is 0 Å². The van der Waals surface area contributed by atoms with Gasteiger partial charge in [0.1, 0.15) is 5.65 Å². The molecule has 0 atom stereocenters. The number of pyridine rings is 1. The number of hydrogen-bond donors (Lipinski definition) is 0. The van der Waals surface area contributed by atoms with Crippen LogP contribution in [0.4, 0.5) is 0 Å². The van der Waals surface area contributed by atoms with Crippen LogP contribution in [-0.4, -0.2) is 24.1 Å². The number of thioether (sulfide) groups is 1. The van der Waals surface area contributed by atoms with Gasteiger partial charge in [-0.25, -0.2) is 4.98 Å². The summed E-state index contributed by atoms with van der Waals surface area (Å²) in [5.74, 6) is 1.29. The first-order valence-corrected chi connectivity index (χ1v) is 11.7. The fourth-order valence-electron chi connectivity index (χ4n) is 3.70. The van der Waals surface area contributed by atoms with E-state index in [0.717, 1.165) is 27.8 Å². The summed E-state index contributed by atoms with van der Waals surface area (Å²) in [4.78, 5) is 17.2. The maximum Gasteiger partial charge on any atom is 0.258 e. The highest BCUT2D eigenvalue weighted by atomic mass is 32.2. The molecule has 0 saturated carbocycles. The molecule has 0 radical (unpaired) electrons. The van der Waals surface area contributed by atoms with E-state index in [4.69, 9.17) is 0 Å². The van der Waals surface area contributed by atoms with Crippen molar-refractivity contribution in [2.45, 2.75) is 31.7 Å². The molecule has 0 bridgehead atoms. The van der Waals surface area contributed by atoms with E-state index in [0.29, 0.717) is 17.1 Å².